The third kappa shape index (κ3) is 3.95. The maximum absolute atomic E-state index is 13.3. The van der Waals surface area contributed by atoms with Gasteiger partial charge in [-0.15, -0.1) is 0 Å². The van der Waals surface area contributed by atoms with Gasteiger partial charge in [-0.3, -0.25) is 4.79 Å². The highest BCUT2D eigenvalue weighted by Crippen LogP contribution is 2.33. The number of hydrogen-bond donors (Lipinski definition) is 1. The van der Waals surface area contributed by atoms with Crippen LogP contribution in [0.1, 0.15) is 37.3 Å². The maximum Gasteiger partial charge on any atom is 0.226 e. The van der Waals surface area contributed by atoms with Gasteiger partial charge in [0.05, 0.1) is 18.8 Å². The predicted octanol–water partition coefficient (Wildman–Crippen LogP) is 2.05. The van der Waals surface area contributed by atoms with Gasteiger partial charge in [0.1, 0.15) is 0 Å². The Morgan fingerprint density at radius 3 is 2.54 bits per heavy atom. The van der Waals surface area contributed by atoms with Crippen molar-refractivity contribution in [2.24, 2.45) is 5.92 Å². The highest BCUT2D eigenvalue weighted by atomic mass is 16.5. The van der Waals surface area contributed by atoms with Gasteiger partial charge in [-0.05, 0) is 57.4 Å². The van der Waals surface area contributed by atoms with Gasteiger partial charge >= 0.3 is 0 Å². The molecular formula is C21H31N3O2. The number of hydrogen-bond acceptors (Lipinski definition) is 4. The van der Waals surface area contributed by atoms with Crippen molar-refractivity contribution in [3.63, 3.8) is 0 Å². The van der Waals surface area contributed by atoms with Gasteiger partial charge in [-0.2, -0.15) is 0 Å². The first kappa shape index (κ1) is 18.0. The number of amides is 1. The highest BCUT2D eigenvalue weighted by Gasteiger charge is 2.39. The predicted molar refractivity (Wildman–Crippen MR) is 102 cm³/mol. The Balaban J connectivity index is 1.56. The molecule has 0 saturated carbocycles. The van der Waals surface area contributed by atoms with E-state index in [2.05, 4.69) is 39.4 Å². The Hall–Kier alpha value is -1.43. The van der Waals surface area contributed by atoms with E-state index in [1.807, 2.05) is 6.07 Å². The van der Waals surface area contributed by atoms with Crippen molar-refractivity contribution in [1.82, 2.24) is 15.1 Å². The fourth-order valence-electron chi connectivity index (χ4n) is 4.70. The van der Waals surface area contributed by atoms with Crippen LogP contribution in [0.3, 0.4) is 0 Å². The molecule has 4 rings (SSSR count). The summed E-state index contributed by atoms with van der Waals surface area (Å²) in [7, 11) is 0. The molecule has 5 heteroatoms. The molecule has 142 valence electrons. The van der Waals surface area contributed by atoms with Crippen LogP contribution in [-0.2, 0) is 9.53 Å². The average Bonchev–Trinajstić information content (AvgIpc) is 3.22. The molecule has 3 aliphatic rings. The molecule has 1 aromatic carbocycles. The fraction of sp³-hybridized carbons (Fsp3) is 0.667. The Morgan fingerprint density at radius 2 is 1.81 bits per heavy atom. The average molecular weight is 357 g/mol. The third-order valence-corrected chi connectivity index (χ3v) is 6.10. The van der Waals surface area contributed by atoms with Gasteiger partial charge in [-0.25, -0.2) is 0 Å². The number of morpholine rings is 1. The van der Waals surface area contributed by atoms with Crippen LogP contribution >= 0.6 is 0 Å². The molecule has 0 aliphatic carbocycles. The molecule has 0 bridgehead atoms. The summed E-state index contributed by atoms with van der Waals surface area (Å²) in [6, 6.07) is 10.5. The summed E-state index contributed by atoms with van der Waals surface area (Å²) in [5.41, 5.74) is 1.21. The minimum atomic E-state index is 0.0351. The number of ether oxygens (including phenoxy) is 1. The summed E-state index contributed by atoms with van der Waals surface area (Å²) in [6.07, 6.45) is 4.53. The summed E-state index contributed by atoms with van der Waals surface area (Å²) in [4.78, 5) is 18.0. The molecule has 26 heavy (non-hydrogen) atoms. The van der Waals surface area contributed by atoms with Crippen LogP contribution in [0.5, 0.6) is 0 Å². The van der Waals surface area contributed by atoms with E-state index in [-0.39, 0.29) is 18.1 Å². The molecule has 0 unspecified atom stereocenters. The Bertz CT molecular complexity index is 582. The summed E-state index contributed by atoms with van der Waals surface area (Å²) >= 11 is 0. The highest BCUT2D eigenvalue weighted by molar-refractivity contribution is 5.79. The van der Waals surface area contributed by atoms with Crippen LogP contribution in [0, 0.1) is 5.92 Å². The summed E-state index contributed by atoms with van der Waals surface area (Å²) in [5, 5.41) is 3.37. The van der Waals surface area contributed by atoms with Crippen molar-refractivity contribution in [2.45, 2.75) is 37.8 Å². The number of nitrogens with one attached hydrogen (secondary N) is 1. The lowest BCUT2D eigenvalue weighted by Crippen LogP contribution is -2.53. The van der Waals surface area contributed by atoms with Crippen LogP contribution in [0.25, 0.3) is 0 Å². The van der Waals surface area contributed by atoms with Crippen LogP contribution in [0.15, 0.2) is 30.3 Å². The van der Waals surface area contributed by atoms with Crippen molar-refractivity contribution in [2.75, 3.05) is 45.9 Å². The van der Waals surface area contributed by atoms with Crippen molar-refractivity contribution >= 4 is 5.91 Å². The lowest BCUT2D eigenvalue weighted by molar-refractivity contribution is -0.153. The Labute approximate surface area is 156 Å². The number of carbonyl (C=O) groups is 1. The number of benzene rings is 1. The molecule has 1 aromatic rings. The smallest absolute Gasteiger partial charge is 0.226 e. The Morgan fingerprint density at radius 1 is 1.08 bits per heavy atom. The van der Waals surface area contributed by atoms with Crippen molar-refractivity contribution in [3.05, 3.63) is 35.9 Å². The molecule has 3 saturated heterocycles. The zero-order chi connectivity index (χ0) is 17.8. The molecule has 1 amide bonds. The largest absolute Gasteiger partial charge is 0.373 e. The second kappa shape index (κ2) is 8.51. The summed E-state index contributed by atoms with van der Waals surface area (Å²) in [5.74, 6) is 0.489. The minimum Gasteiger partial charge on any atom is -0.373 e. The van der Waals surface area contributed by atoms with E-state index in [1.54, 1.807) is 0 Å². The fourth-order valence-corrected chi connectivity index (χ4v) is 4.70. The summed E-state index contributed by atoms with van der Waals surface area (Å²) in [6.45, 7) is 6.50. The number of piperidine rings is 1. The maximum atomic E-state index is 13.3. The van der Waals surface area contributed by atoms with Gasteiger partial charge < -0.3 is 19.9 Å². The van der Waals surface area contributed by atoms with Gasteiger partial charge in [0.15, 0.2) is 0 Å². The lowest BCUT2D eigenvalue weighted by atomic mass is 9.92. The topological polar surface area (TPSA) is 44.8 Å². The van der Waals surface area contributed by atoms with Crippen LogP contribution in [0.4, 0.5) is 0 Å². The molecule has 0 aromatic heterocycles. The normalized spacial score (nSPS) is 28.4. The zero-order valence-corrected chi connectivity index (χ0v) is 15.6. The van der Waals surface area contributed by atoms with Crippen LogP contribution < -0.4 is 5.32 Å². The monoisotopic (exact) mass is 357 g/mol. The van der Waals surface area contributed by atoms with Gasteiger partial charge in [-0.1, -0.05) is 30.3 Å². The molecule has 3 heterocycles. The second-order valence-electron chi connectivity index (χ2n) is 7.83. The molecule has 1 N–H and O–H groups in total. The lowest BCUT2D eigenvalue weighted by Gasteiger charge is -2.44. The van der Waals surface area contributed by atoms with E-state index in [9.17, 15) is 4.79 Å². The second-order valence-corrected chi connectivity index (χ2v) is 7.83. The number of rotatable bonds is 4. The van der Waals surface area contributed by atoms with Gasteiger partial charge in [0.2, 0.25) is 5.91 Å². The molecule has 2 atom stereocenters. The van der Waals surface area contributed by atoms with E-state index < -0.39 is 0 Å². The number of likely N-dealkylation sites (tertiary alicyclic amines) is 1. The zero-order valence-electron chi connectivity index (χ0n) is 15.6. The van der Waals surface area contributed by atoms with E-state index in [0.29, 0.717) is 19.1 Å². The van der Waals surface area contributed by atoms with Gasteiger partial charge in [0.25, 0.3) is 0 Å². The molecule has 3 fully saturated rings. The standard InChI is InChI=1S/C21H31N3O2/c25-21(18-8-10-22-11-9-18)24-14-15-26-19(16-23-12-4-5-13-23)20(24)17-6-2-1-3-7-17/h1-3,6-7,18-20,22H,4-5,8-16H2/t19-,20-/m0/s1. The van der Waals surface area contributed by atoms with Crippen molar-refractivity contribution in [3.8, 4) is 0 Å². The minimum absolute atomic E-state index is 0.0351. The van der Waals surface area contributed by atoms with E-state index in [1.165, 1.54) is 18.4 Å². The molecule has 3 aliphatic heterocycles. The first-order chi connectivity index (χ1) is 12.8. The van der Waals surface area contributed by atoms with E-state index >= 15 is 0 Å². The molecule has 0 spiro atoms. The van der Waals surface area contributed by atoms with Crippen LogP contribution in [0.2, 0.25) is 0 Å². The summed E-state index contributed by atoms with van der Waals surface area (Å²) < 4.78 is 6.23. The quantitative estimate of drug-likeness (QED) is 0.896. The number of nitrogens with zero attached hydrogens (tertiary/aromatic N) is 2. The van der Waals surface area contributed by atoms with E-state index in [4.69, 9.17) is 4.74 Å². The van der Waals surface area contributed by atoms with Gasteiger partial charge in [0, 0.05) is 19.0 Å². The molecule has 0 radical (unpaired) electrons. The van der Waals surface area contributed by atoms with Crippen molar-refractivity contribution in [1.29, 1.82) is 0 Å². The Kier molecular flexibility index (Phi) is 5.88. The van der Waals surface area contributed by atoms with Crippen LogP contribution in [-0.4, -0.2) is 67.7 Å². The third-order valence-electron chi connectivity index (χ3n) is 6.10. The number of carbonyl (C=O) groups excluding carboxylic acids is 1. The first-order valence-corrected chi connectivity index (χ1v) is 10.2. The van der Waals surface area contributed by atoms with Crippen molar-refractivity contribution < 1.29 is 9.53 Å². The SMILES string of the molecule is O=C(C1CCNCC1)N1CCO[C@@H](CN2CCCC2)[C@@H]1c1ccccc1. The molecular weight excluding hydrogens is 326 g/mol. The first-order valence-electron chi connectivity index (χ1n) is 10.2. The van der Waals surface area contributed by atoms with E-state index in [0.717, 1.165) is 45.6 Å². The molecule has 5 nitrogen and oxygen atoms in total.